The van der Waals surface area contributed by atoms with Crippen LogP contribution in [0.15, 0.2) is 18.2 Å². The Morgan fingerprint density at radius 3 is 2.07 bits per heavy atom. The zero-order valence-electron chi connectivity index (χ0n) is 7.14. The van der Waals surface area contributed by atoms with Crippen LogP contribution < -0.4 is 14.9 Å². The first-order valence-corrected chi connectivity index (χ1v) is 3.85. The van der Waals surface area contributed by atoms with Gasteiger partial charge >= 0.3 is 12.2 Å². The molecule has 1 aliphatic rings. The Morgan fingerprint density at radius 1 is 0.933 bits per heavy atom. The molecular weight excluding hydrogens is 215 g/mol. The third-order valence-corrected chi connectivity index (χ3v) is 1.78. The molecule has 0 saturated carbocycles. The molecule has 0 unspecified atom stereocenters. The van der Waals surface area contributed by atoms with E-state index in [1.165, 1.54) is 6.07 Å². The summed E-state index contributed by atoms with van der Waals surface area (Å²) in [5, 5.41) is 0. The number of rotatable bonds is 0. The van der Waals surface area contributed by atoms with Crippen molar-refractivity contribution in [1.29, 1.82) is 0 Å². The molecule has 0 aliphatic carbocycles. The van der Waals surface area contributed by atoms with E-state index in [9.17, 15) is 17.6 Å². The molecule has 78 valence electrons. The molecule has 2 nitrogen and oxygen atoms in total. The largest absolute Gasteiger partial charge is 0.507 e. The summed E-state index contributed by atoms with van der Waals surface area (Å²) < 4.78 is 58.2. The smallest absolute Gasteiger partial charge is 0.421 e. The highest BCUT2D eigenvalue weighted by molar-refractivity contribution is 6.32. The summed E-state index contributed by atoms with van der Waals surface area (Å²) in [6, 6.07) is 3.26. The van der Waals surface area contributed by atoms with E-state index in [2.05, 4.69) is 9.47 Å². The maximum atomic E-state index is 12.7. The molecule has 0 bridgehead atoms. The molecule has 0 atom stereocenters. The Hall–Kier alpha value is -1.40. The van der Waals surface area contributed by atoms with E-state index in [1.807, 2.05) is 0 Å². The minimum Gasteiger partial charge on any atom is -0.421 e. The lowest BCUT2D eigenvalue weighted by molar-refractivity contribution is -0.391. The van der Waals surface area contributed by atoms with Gasteiger partial charge in [0.1, 0.15) is 7.85 Å². The van der Waals surface area contributed by atoms with Crippen LogP contribution in [0.5, 0.6) is 11.5 Å². The number of hydrogen-bond acceptors (Lipinski definition) is 2. The zero-order valence-corrected chi connectivity index (χ0v) is 7.14. The summed E-state index contributed by atoms with van der Waals surface area (Å²) in [6.45, 7) is 0. The molecule has 1 aromatic rings. The normalized spacial score (nSPS) is 21.1. The minimum absolute atomic E-state index is 0.110. The van der Waals surface area contributed by atoms with Crippen molar-refractivity contribution in [3.63, 3.8) is 0 Å². The van der Waals surface area contributed by atoms with Crippen molar-refractivity contribution in [3.8, 4) is 11.5 Å². The van der Waals surface area contributed by atoms with E-state index in [4.69, 9.17) is 7.85 Å². The van der Waals surface area contributed by atoms with Gasteiger partial charge in [0.25, 0.3) is 0 Å². The molecule has 15 heavy (non-hydrogen) atoms. The van der Waals surface area contributed by atoms with Crippen molar-refractivity contribution in [2.24, 2.45) is 0 Å². The lowest BCUT2D eigenvalue weighted by Gasteiger charge is -2.31. The second kappa shape index (κ2) is 2.80. The Labute approximate surface area is 83.2 Å². The van der Waals surface area contributed by atoms with Crippen molar-refractivity contribution < 1.29 is 27.0 Å². The summed E-state index contributed by atoms with van der Waals surface area (Å²) in [5.74, 6) is -0.981. The van der Waals surface area contributed by atoms with Gasteiger partial charge in [0.15, 0.2) is 11.5 Å². The van der Waals surface area contributed by atoms with Gasteiger partial charge in [0.05, 0.1) is 0 Å². The lowest BCUT2D eigenvalue weighted by atomic mass is 9.96. The number of hydrogen-bond donors (Lipinski definition) is 0. The summed E-state index contributed by atoms with van der Waals surface area (Å²) in [7, 11) is 5.27. The average molecular weight is 218 g/mol. The molecule has 0 aromatic heterocycles. The highest BCUT2D eigenvalue weighted by Gasteiger charge is 2.65. The third-order valence-electron chi connectivity index (χ3n) is 1.78. The molecule has 1 aliphatic heterocycles. The van der Waals surface area contributed by atoms with Gasteiger partial charge in [-0.2, -0.15) is 17.6 Å². The van der Waals surface area contributed by atoms with E-state index in [1.54, 1.807) is 0 Å². The van der Waals surface area contributed by atoms with Crippen LogP contribution in [0.2, 0.25) is 0 Å². The standard InChI is InChI=1S/C8H3BF4O2/c9-4-1-2-5-6(3-4)15-8(12,13)7(10,11)14-5/h1-3H. The first-order chi connectivity index (χ1) is 6.82. The van der Waals surface area contributed by atoms with Gasteiger partial charge in [-0.15, -0.1) is 0 Å². The second-order valence-corrected chi connectivity index (χ2v) is 2.94. The molecule has 1 aromatic carbocycles. The Kier molecular flexibility index (Phi) is 1.89. The molecule has 2 radical (unpaired) electrons. The van der Waals surface area contributed by atoms with Crippen molar-refractivity contribution in [1.82, 2.24) is 0 Å². The monoisotopic (exact) mass is 218 g/mol. The highest BCUT2D eigenvalue weighted by atomic mass is 19.3. The van der Waals surface area contributed by atoms with E-state index < -0.39 is 23.7 Å². The maximum Gasteiger partial charge on any atom is 0.507 e. The van der Waals surface area contributed by atoms with Crippen LogP contribution in [0.25, 0.3) is 0 Å². The van der Waals surface area contributed by atoms with E-state index in [0.29, 0.717) is 0 Å². The van der Waals surface area contributed by atoms with Crippen LogP contribution >= 0.6 is 0 Å². The number of fused-ring (bicyclic) bond motifs is 1. The molecule has 0 fully saturated rings. The first-order valence-electron chi connectivity index (χ1n) is 3.85. The van der Waals surface area contributed by atoms with E-state index in [0.717, 1.165) is 12.1 Å². The third kappa shape index (κ3) is 1.51. The predicted molar refractivity (Wildman–Crippen MR) is 43.0 cm³/mol. The van der Waals surface area contributed by atoms with Gasteiger partial charge in [-0.25, -0.2) is 0 Å². The van der Waals surface area contributed by atoms with Crippen LogP contribution in [0, 0.1) is 0 Å². The summed E-state index contributed by atoms with van der Waals surface area (Å²) in [5.41, 5.74) is 0.110. The predicted octanol–water partition coefficient (Wildman–Crippen LogP) is 1.44. The quantitative estimate of drug-likeness (QED) is 0.484. The van der Waals surface area contributed by atoms with Crippen LogP contribution in [0.3, 0.4) is 0 Å². The Balaban J connectivity index is 2.47. The molecule has 1 heterocycles. The first kappa shape index (κ1) is 10.1. The van der Waals surface area contributed by atoms with E-state index in [-0.39, 0.29) is 5.46 Å². The van der Waals surface area contributed by atoms with Crippen LogP contribution in [-0.4, -0.2) is 20.1 Å². The molecule has 2 rings (SSSR count). The minimum atomic E-state index is -4.70. The molecule has 0 spiro atoms. The molecule has 7 heteroatoms. The zero-order chi connectivity index (χ0) is 11.3. The SMILES string of the molecule is [B]c1ccc2c(c1)OC(F)(F)C(F)(F)O2. The van der Waals surface area contributed by atoms with Gasteiger partial charge in [0.2, 0.25) is 0 Å². The topological polar surface area (TPSA) is 18.5 Å². The number of benzene rings is 1. The lowest BCUT2D eigenvalue weighted by Crippen LogP contribution is -2.52. The highest BCUT2D eigenvalue weighted by Crippen LogP contribution is 2.46. The van der Waals surface area contributed by atoms with Gasteiger partial charge in [-0.1, -0.05) is 11.5 Å². The number of alkyl halides is 4. The summed E-state index contributed by atoms with van der Waals surface area (Å²) in [6.07, 6.45) is -9.39. The Bertz CT molecular complexity index is 408. The van der Waals surface area contributed by atoms with Gasteiger partial charge in [0, 0.05) is 0 Å². The van der Waals surface area contributed by atoms with E-state index >= 15 is 0 Å². The van der Waals surface area contributed by atoms with Crippen LogP contribution in [0.4, 0.5) is 17.6 Å². The molecule has 0 amide bonds. The van der Waals surface area contributed by atoms with Crippen molar-refractivity contribution in [3.05, 3.63) is 18.2 Å². The summed E-state index contributed by atoms with van der Waals surface area (Å²) in [4.78, 5) is 0. The molecule has 0 N–H and O–H groups in total. The fourth-order valence-corrected chi connectivity index (χ4v) is 1.08. The molecule has 0 saturated heterocycles. The van der Waals surface area contributed by atoms with Gasteiger partial charge < -0.3 is 9.47 Å². The number of halogens is 4. The van der Waals surface area contributed by atoms with Gasteiger partial charge in [-0.05, 0) is 12.1 Å². The average Bonchev–Trinajstić information content (AvgIpc) is 2.07. The van der Waals surface area contributed by atoms with Gasteiger partial charge in [-0.3, -0.25) is 0 Å². The van der Waals surface area contributed by atoms with Crippen molar-refractivity contribution in [2.45, 2.75) is 12.2 Å². The maximum absolute atomic E-state index is 12.7. The van der Waals surface area contributed by atoms with Crippen molar-refractivity contribution >= 4 is 13.3 Å². The van der Waals surface area contributed by atoms with Crippen LogP contribution in [0.1, 0.15) is 0 Å². The van der Waals surface area contributed by atoms with Crippen molar-refractivity contribution in [2.75, 3.05) is 0 Å². The van der Waals surface area contributed by atoms with Crippen LogP contribution in [-0.2, 0) is 0 Å². The second-order valence-electron chi connectivity index (χ2n) is 2.94. The number of ether oxygens (including phenoxy) is 2. The Morgan fingerprint density at radius 2 is 1.47 bits per heavy atom. The fourth-order valence-electron chi connectivity index (χ4n) is 1.08. The summed E-state index contributed by atoms with van der Waals surface area (Å²) >= 11 is 0. The fraction of sp³-hybridized carbons (Fsp3) is 0.250. The molecular formula is C8H3BF4O2.